The van der Waals surface area contributed by atoms with Crippen molar-refractivity contribution >= 4 is 46.9 Å². The highest BCUT2D eigenvalue weighted by Crippen LogP contribution is 2.37. The molecule has 0 aliphatic heterocycles. The van der Waals surface area contributed by atoms with Crippen LogP contribution < -0.4 is 16.0 Å². The molecule has 7 nitrogen and oxygen atoms in total. The Morgan fingerprint density at radius 2 is 1.44 bits per heavy atom. The van der Waals surface area contributed by atoms with Gasteiger partial charge >= 0.3 is 0 Å². The summed E-state index contributed by atoms with van der Waals surface area (Å²) in [5.74, 6) is -0.709. The van der Waals surface area contributed by atoms with Crippen LogP contribution in [0.2, 0.25) is 0 Å². The summed E-state index contributed by atoms with van der Waals surface area (Å²) in [7, 11) is 0. The molecule has 4 aromatic carbocycles. The lowest BCUT2D eigenvalue weighted by molar-refractivity contribution is -0.116. The molecule has 43 heavy (non-hydrogen) atoms. The van der Waals surface area contributed by atoms with Gasteiger partial charge in [0, 0.05) is 27.9 Å². The summed E-state index contributed by atoms with van der Waals surface area (Å²) in [4.78, 5) is 40.5. The number of thioether (sulfide) groups is 1. The van der Waals surface area contributed by atoms with Crippen LogP contribution in [0.3, 0.4) is 0 Å². The number of carbonyl (C=O) groups excluding carboxylic acids is 3. The zero-order valence-corrected chi connectivity index (χ0v) is 24.1. The second-order valence-electron chi connectivity index (χ2n) is 9.64. The number of aryl methyl sites for hydroxylation is 1. The van der Waals surface area contributed by atoms with Gasteiger partial charge in [-0.2, -0.15) is 0 Å². The van der Waals surface area contributed by atoms with Crippen molar-refractivity contribution in [1.29, 1.82) is 0 Å². The van der Waals surface area contributed by atoms with Crippen molar-refractivity contribution in [2.75, 3.05) is 10.6 Å². The summed E-state index contributed by atoms with van der Waals surface area (Å²) in [6, 6.07) is 36.4. The van der Waals surface area contributed by atoms with Gasteiger partial charge in [-0.25, -0.2) is 0 Å². The highest BCUT2D eigenvalue weighted by molar-refractivity contribution is 8.00. The molecule has 1 atom stereocenters. The molecule has 0 saturated carbocycles. The predicted octanol–water partition coefficient (Wildman–Crippen LogP) is 7.47. The number of rotatable bonds is 10. The fourth-order valence-electron chi connectivity index (χ4n) is 4.27. The fourth-order valence-corrected chi connectivity index (χ4v) is 5.35. The van der Waals surface area contributed by atoms with Crippen molar-refractivity contribution in [3.63, 3.8) is 0 Å². The first kappa shape index (κ1) is 29.2. The lowest BCUT2D eigenvalue weighted by Gasteiger charge is -2.18. The smallest absolute Gasteiger partial charge is 0.272 e. The van der Waals surface area contributed by atoms with Gasteiger partial charge in [0.15, 0.2) is 0 Å². The number of benzene rings is 4. The van der Waals surface area contributed by atoms with E-state index in [2.05, 4.69) is 16.0 Å². The molecule has 0 aliphatic rings. The maximum Gasteiger partial charge on any atom is 0.272 e. The Labute approximate surface area is 254 Å². The summed E-state index contributed by atoms with van der Waals surface area (Å²) < 4.78 is 5.38. The number of carbonyl (C=O) groups is 3. The van der Waals surface area contributed by atoms with Crippen LogP contribution in [0.15, 0.2) is 143 Å². The SMILES string of the molecule is Cc1cccc(NC(=O)C(Sc2cccc(NC(=O)/C(=C/c3ccco3)NC(=O)c3ccccc3)c2)c2ccccc2)c1. The summed E-state index contributed by atoms with van der Waals surface area (Å²) >= 11 is 1.37. The first-order valence-electron chi connectivity index (χ1n) is 13.6. The maximum atomic E-state index is 13.5. The third-order valence-electron chi connectivity index (χ3n) is 6.33. The monoisotopic (exact) mass is 587 g/mol. The Morgan fingerprint density at radius 3 is 2.14 bits per heavy atom. The molecule has 0 fully saturated rings. The van der Waals surface area contributed by atoms with Crippen molar-refractivity contribution in [3.05, 3.63) is 156 Å². The van der Waals surface area contributed by atoms with Crippen LogP contribution in [0.1, 0.15) is 32.5 Å². The standard InChI is InChI=1S/C35H29N3O4S/c1-24-11-8-16-27(21-24)37-35(41)32(25-12-4-2-5-13-25)43-30-19-9-17-28(22-30)36-34(40)31(23-29-18-10-20-42-29)38-33(39)26-14-6-3-7-15-26/h2-23,32H,1H3,(H,36,40)(H,37,41)(H,38,39)/b31-23-. The van der Waals surface area contributed by atoms with Crippen LogP contribution in [0.4, 0.5) is 11.4 Å². The summed E-state index contributed by atoms with van der Waals surface area (Å²) in [6.45, 7) is 1.97. The van der Waals surface area contributed by atoms with Gasteiger partial charge in [-0.05, 0) is 72.6 Å². The molecule has 3 amide bonds. The van der Waals surface area contributed by atoms with E-state index in [9.17, 15) is 14.4 Å². The number of anilines is 2. The van der Waals surface area contributed by atoms with E-state index in [1.165, 1.54) is 24.1 Å². The first-order chi connectivity index (χ1) is 20.9. The van der Waals surface area contributed by atoms with E-state index >= 15 is 0 Å². The van der Waals surface area contributed by atoms with Crippen LogP contribution >= 0.6 is 11.8 Å². The van der Waals surface area contributed by atoms with E-state index in [0.29, 0.717) is 17.0 Å². The quantitative estimate of drug-likeness (QED) is 0.116. The molecule has 0 saturated heterocycles. The molecule has 5 aromatic rings. The molecule has 1 aromatic heterocycles. The van der Waals surface area contributed by atoms with Crippen molar-refractivity contribution in [1.82, 2.24) is 5.32 Å². The third kappa shape index (κ3) is 8.12. The molecule has 1 heterocycles. The van der Waals surface area contributed by atoms with E-state index in [1.54, 1.807) is 54.6 Å². The molecule has 3 N–H and O–H groups in total. The van der Waals surface area contributed by atoms with E-state index < -0.39 is 17.1 Å². The minimum absolute atomic E-state index is 0.0153. The van der Waals surface area contributed by atoms with Gasteiger partial charge < -0.3 is 20.4 Å². The van der Waals surface area contributed by atoms with Gasteiger partial charge in [-0.3, -0.25) is 14.4 Å². The highest BCUT2D eigenvalue weighted by Gasteiger charge is 2.23. The number of hydrogen-bond acceptors (Lipinski definition) is 5. The number of amides is 3. The van der Waals surface area contributed by atoms with Crippen LogP contribution in [0.5, 0.6) is 0 Å². The van der Waals surface area contributed by atoms with Gasteiger partial charge in [0.1, 0.15) is 16.7 Å². The Bertz CT molecular complexity index is 1740. The molecule has 0 radical (unpaired) electrons. The largest absolute Gasteiger partial charge is 0.465 e. The second kappa shape index (κ2) is 14.0. The van der Waals surface area contributed by atoms with E-state index in [0.717, 1.165) is 21.7 Å². The lowest BCUT2D eigenvalue weighted by atomic mass is 10.1. The van der Waals surface area contributed by atoms with Crippen molar-refractivity contribution < 1.29 is 18.8 Å². The number of hydrogen-bond donors (Lipinski definition) is 3. The molecule has 0 spiro atoms. The Balaban J connectivity index is 1.35. The first-order valence-corrected chi connectivity index (χ1v) is 14.4. The van der Waals surface area contributed by atoms with E-state index in [1.807, 2.05) is 73.7 Å². The van der Waals surface area contributed by atoms with Crippen molar-refractivity contribution in [2.45, 2.75) is 17.1 Å². The molecule has 5 rings (SSSR count). The van der Waals surface area contributed by atoms with Gasteiger partial charge in [-0.15, -0.1) is 11.8 Å². The normalized spacial score (nSPS) is 11.8. The zero-order valence-electron chi connectivity index (χ0n) is 23.3. The summed E-state index contributed by atoms with van der Waals surface area (Å²) in [5, 5.41) is 8.04. The Kier molecular flexibility index (Phi) is 9.51. The minimum Gasteiger partial charge on any atom is -0.465 e. The summed E-state index contributed by atoms with van der Waals surface area (Å²) in [6.07, 6.45) is 2.95. The third-order valence-corrected chi connectivity index (χ3v) is 7.58. The average Bonchev–Trinajstić information content (AvgIpc) is 3.54. The Morgan fingerprint density at radius 1 is 0.744 bits per heavy atom. The molecular weight excluding hydrogens is 558 g/mol. The topological polar surface area (TPSA) is 100 Å². The van der Waals surface area contributed by atoms with Crippen molar-refractivity contribution in [2.24, 2.45) is 0 Å². The van der Waals surface area contributed by atoms with Gasteiger partial charge in [0.25, 0.3) is 11.8 Å². The summed E-state index contributed by atoms with van der Waals surface area (Å²) in [5.41, 5.74) is 3.54. The molecular formula is C35H29N3O4S. The second-order valence-corrected chi connectivity index (χ2v) is 10.8. The molecule has 214 valence electrons. The van der Waals surface area contributed by atoms with E-state index in [4.69, 9.17) is 4.42 Å². The van der Waals surface area contributed by atoms with E-state index in [-0.39, 0.29) is 11.6 Å². The van der Waals surface area contributed by atoms with Crippen LogP contribution in [0.25, 0.3) is 6.08 Å². The molecule has 0 aliphatic carbocycles. The van der Waals surface area contributed by atoms with Gasteiger partial charge in [0.2, 0.25) is 5.91 Å². The fraction of sp³-hybridized carbons (Fsp3) is 0.0571. The van der Waals surface area contributed by atoms with Gasteiger partial charge in [-0.1, -0.05) is 66.7 Å². The Hall–Kier alpha value is -5.34. The van der Waals surface area contributed by atoms with Crippen LogP contribution in [-0.4, -0.2) is 17.7 Å². The molecule has 1 unspecified atom stereocenters. The van der Waals surface area contributed by atoms with Crippen LogP contribution in [0, 0.1) is 6.92 Å². The zero-order chi connectivity index (χ0) is 30.0. The van der Waals surface area contributed by atoms with Crippen LogP contribution in [-0.2, 0) is 9.59 Å². The molecule has 8 heteroatoms. The lowest BCUT2D eigenvalue weighted by Crippen LogP contribution is -2.30. The number of furan rings is 1. The average molecular weight is 588 g/mol. The number of nitrogens with one attached hydrogen (secondary N) is 3. The minimum atomic E-state index is -0.549. The predicted molar refractivity (Wildman–Crippen MR) is 171 cm³/mol. The highest BCUT2D eigenvalue weighted by atomic mass is 32.2. The van der Waals surface area contributed by atoms with Crippen molar-refractivity contribution in [3.8, 4) is 0 Å². The van der Waals surface area contributed by atoms with Gasteiger partial charge in [0.05, 0.1) is 6.26 Å². The maximum absolute atomic E-state index is 13.5. The molecule has 0 bridgehead atoms.